The Morgan fingerprint density at radius 1 is 1.44 bits per heavy atom. The van der Waals surface area contributed by atoms with Crippen LogP contribution in [0.1, 0.15) is 30.9 Å². The van der Waals surface area contributed by atoms with Gasteiger partial charge in [-0.2, -0.15) is 13.2 Å². The van der Waals surface area contributed by atoms with Gasteiger partial charge in [0.15, 0.2) is 0 Å². The Hall–Kier alpha value is -2.36. The Kier molecular flexibility index (Phi) is 6.63. The molecule has 1 aliphatic rings. The lowest BCUT2D eigenvalue weighted by molar-refractivity contribution is -0.384. The van der Waals surface area contributed by atoms with Gasteiger partial charge in [-0.05, 0) is 42.4 Å². The number of hydrogen-bond donors (Lipinski definition) is 2. The molecule has 0 bridgehead atoms. The van der Waals surface area contributed by atoms with E-state index in [1.165, 1.54) is 12.1 Å². The molecule has 0 aromatic heterocycles. The van der Waals surface area contributed by atoms with Crippen molar-refractivity contribution < 1.29 is 28.0 Å². The first kappa shape index (κ1) is 20.9. The van der Waals surface area contributed by atoms with Crippen molar-refractivity contribution in [1.29, 1.82) is 0 Å². The molecule has 1 aromatic carbocycles. The number of nitrogens with zero attached hydrogens (tertiary/aromatic N) is 2. The summed E-state index contributed by atoms with van der Waals surface area (Å²) in [4.78, 5) is 23.0. The zero-order valence-electron chi connectivity index (χ0n) is 14.9. The van der Waals surface area contributed by atoms with Crippen molar-refractivity contribution in [2.45, 2.75) is 38.9 Å². The maximum absolute atomic E-state index is 12.7. The highest BCUT2D eigenvalue weighted by Gasteiger charge is 2.43. The van der Waals surface area contributed by atoms with Crippen LogP contribution >= 0.6 is 0 Å². The van der Waals surface area contributed by atoms with Gasteiger partial charge in [0.05, 0.1) is 4.92 Å². The summed E-state index contributed by atoms with van der Waals surface area (Å²) in [6.07, 6.45) is -3.49. The summed E-state index contributed by atoms with van der Waals surface area (Å²) in [7, 11) is 0. The summed E-state index contributed by atoms with van der Waals surface area (Å²) in [5.41, 5.74) is 1.20. The number of benzene rings is 1. The predicted molar refractivity (Wildman–Crippen MR) is 92.2 cm³/mol. The Labute approximate surface area is 154 Å². The Morgan fingerprint density at radius 2 is 2.15 bits per heavy atom. The van der Waals surface area contributed by atoms with Crippen molar-refractivity contribution in [1.82, 2.24) is 4.90 Å². The molecule has 0 fully saturated rings. The maximum Gasteiger partial charge on any atom is 0.471 e. The van der Waals surface area contributed by atoms with E-state index in [9.17, 15) is 28.1 Å². The highest BCUT2D eigenvalue weighted by atomic mass is 19.4. The number of anilines is 1. The fourth-order valence-corrected chi connectivity index (χ4v) is 3.16. The van der Waals surface area contributed by atoms with Crippen LogP contribution in [-0.2, 0) is 17.8 Å². The summed E-state index contributed by atoms with van der Waals surface area (Å²) < 4.78 is 38.0. The first-order valence-corrected chi connectivity index (χ1v) is 8.65. The van der Waals surface area contributed by atoms with Crippen molar-refractivity contribution in [2.24, 2.45) is 5.92 Å². The largest absolute Gasteiger partial charge is 0.471 e. The summed E-state index contributed by atoms with van der Waals surface area (Å²) >= 11 is 0. The molecule has 10 heteroatoms. The van der Waals surface area contributed by atoms with Gasteiger partial charge in [0.25, 0.3) is 5.69 Å². The summed E-state index contributed by atoms with van der Waals surface area (Å²) in [6, 6.07) is 2.66. The van der Waals surface area contributed by atoms with Crippen LogP contribution in [0.3, 0.4) is 0 Å². The SMILES string of the molecule is C[C@H](CCCO)CNc1c([N+](=O)[O-])ccc2c1CCN(C(=O)C(F)(F)F)C2. The molecule has 0 saturated heterocycles. The van der Waals surface area contributed by atoms with Crippen molar-refractivity contribution in [3.8, 4) is 0 Å². The quantitative estimate of drug-likeness (QED) is 0.552. The lowest BCUT2D eigenvalue weighted by Gasteiger charge is -2.30. The molecule has 0 unspecified atom stereocenters. The molecule has 2 rings (SSSR count). The minimum atomic E-state index is -4.94. The van der Waals surface area contributed by atoms with Crippen molar-refractivity contribution in [3.63, 3.8) is 0 Å². The topological polar surface area (TPSA) is 95.7 Å². The number of alkyl halides is 3. The predicted octanol–water partition coefficient (Wildman–Crippen LogP) is 2.86. The second kappa shape index (κ2) is 8.55. The lowest BCUT2D eigenvalue weighted by Crippen LogP contribution is -2.43. The molecule has 1 atom stereocenters. The number of hydrogen-bond acceptors (Lipinski definition) is 5. The van der Waals surface area contributed by atoms with Gasteiger partial charge in [-0.3, -0.25) is 14.9 Å². The van der Waals surface area contributed by atoms with Crippen molar-refractivity contribution >= 4 is 17.3 Å². The Balaban J connectivity index is 2.24. The van der Waals surface area contributed by atoms with E-state index >= 15 is 0 Å². The maximum atomic E-state index is 12.7. The molecule has 0 spiro atoms. The van der Waals surface area contributed by atoms with Crippen LogP contribution in [0.4, 0.5) is 24.5 Å². The molecule has 2 N–H and O–H groups in total. The fourth-order valence-electron chi connectivity index (χ4n) is 3.16. The molecular weight excluding hydrogens is 367 g/mol. The number of halogens is 3. The van der Waals surface area contributed by atoms with Gasteiger partial charge in [0.1, 0.15) is 5.69 Å². The van der Waals surface area contributed by atoms with Gasteiger partial charge >= 0.3 is 12.1 Å². The Bertz CT molecular complexity index is 709. The van der Waals surface area contributed by atoms with Crippen LogP contribution in [0.15, 0.2) is 12.1 Å². The first-order chi connectivity index (χ1) is 12.6. The average Bonchev–Trinajstić information content (AvgIpc) is 2.62. The number of carbonyl (C=O) groups is 1. The molecule has 150 valence electrons. The van der Waals surface area contributed by atoms with E-state index in [0.29, 0.717) is 34.7 Å². The fraction of sp³-hybridized carbons (Fsp3) is 0.588. The zero-order valence-corrected chi connectivity index (χ0v) is 14.9. The van der Waals surface area contributed by atoms with E-state index < -0.39 is 17.0 Å². The highest BCUT2D eigenvalue weighted by Crippen LogP contribution is 2.35. The lowest BCUT2D eigenvalue weighted by atomic mass is 9.96. The molecule has 0 saturated carbocycles. The second-order valence-electron chi connectivity index (χ2n) is 6.68. The number of nitro groups is 1. The van der Waals surface area contributed by atoms with Gasteiger partial charge in [-0.1, -0.05) is 6.92 Å². The number of nitrogens with one attached hydrogen (secondary N) is 1. The number of nitro benzene ring substituents is 1. The second-order valence-corrected chi connectivity index (χ2v) is 6.68. The van der Waals surface area contributed by atoms with Crippen LogP contribution in [0.5, 0.6) is 0 Å². The molecule has 1 heterocycles. The van der Waals surface area contributed by atoms with Crippen LogP contribution in [-0.4, -0.2) is 46.7 Å². The van der Waals surface area contributed by atoms with Gasteiger partial charge in [0, 0.05) is 32.3 Å². The smallest absolute Gasteiger partial charge is 0.396 e. The average molecular weight is 389 g/mol. The molecule has 0 aliphatic carbocycles. The first-order valence-electron chi connectivity index (χ1n) is 8.65. The molecule has 0 radical (unpaired) electrons. The van der Waals surface area contributed by atoms with Gasteiger partial charge in [-0.25, -0.2) is 0 Å². The third-order valence-corrected chi connectivity index (χ3v) is 4.59. The van der Waals surface area contributed by atoms with Crippen LogP contribution in [0.25, 0.3) is 0 Å². The molecule has 7 nitrogen and oxygen atoms in total. The van der Waals surface area contributed by atoms with Gasteiger partial charge in [0.2, 0.25) is 0 Å². The summed E-state index contributed by atoms with van der Waals surface area (Å²) in [5.74, 6) is -1.75. The van der Waals surface area contributed by atoms with Crippen LogP contribution in [0, 0.1) is 16.0 Å². The van der Waals surface area contributed by atoms with Gasteiger partial charge in [-0.15, -0.1) is 0 Å². The number of amides is 1. The minimum absolute atomic E-state index is 0.0638. The summed E-state index contributed by atoms with van der Waals surface area (Å²) in [5, 5.41) is 23.3. The van der Waals surface area contributed by atoms with Crippen molar-refractivity contribution in [2.75, 3.05) is 25.0 Å². The molecule has 1 amide bonds. The van der Waals surface area contributed by atoms with Gasteiger partial charge < -0.3 is 15.3 Å². The van der Waals surface area contributed by atoms with E-state index in [1.54, 1.807) is 0 Å². The van der Waals surface area contributed by atoms with E-state index in [4.69, 9.17) is 5.11 Å². The number of carbonyl (C=O) groups excluding carboxylic acids is 1. The van der Waals surface area contributed by atoms with Crippen LogP contribution < -0.4 is 5.32 Å². The monoisotopic (exact) mass is 389 g/mol. The summed E-state index contributed by atoms with van der Waals surface area (Å²) in [6.45, 7) is 2.05. The number of rotatable bonds is 7. The molecular formula is C17H22F3N3O4. The third kappa shape index (κ3) is 5.09. The van der Waals surface area contributed by atoms with E-state index in [0.717, 1.165) is 6.42 Å². The Morgan fingerprint density at radius 3 is 2.74 bits per heavy atom. The minimum Gasteiger partial charge on any atom is -0.396 e. The number of aliphatic hydroxyl groups excluding tert-OH is 1. The standard InChI is InChI=1S/C17H22F3N3O4/c1-11(3-2-8-24)9-21-15-13-6-7-22(16(25)17(18,19)20)10-12(13)4-5-14(15)23(26)27/h4-5,11,21,24H,2-3,6-10H2,1H3/t11-/m1/s1. The third-order valence-electron chi connectivity index (χ3n) is 4.59. The number of fused-ring (bicyclic) bond motifs is 1. The van der Waals surface area contributed by atoms with Crippen LogP contribution in [0.2, 0.25) is 0 Å². The van der Waals surface area contributed by atoms with E-state index in [-0.39, 0.29) is 37.7 Å². The highest BCUT2D eigenvalue weighted by molar-refractivity contribution is 5.82. The molecule has 27 heavy (non-hydrogen) atoms. The van der Waals surface area contributed by atoms with E-state index in [2.05, 4.69) is 5.32 Å². The molecule has 1 aromatic rings. The number of aliphatic hydroxyl groups is 1. The zero-order chi connectivity index (χ0) is 20.2. The van der Waals surface area contributed by atoms with E-state index in [1.807, 2.05) is 6.92 Å². The molecule has 1 aliphatic heterocycles. The van der Waals surface area contributed by atoms with Crippen molar-refractivity contribution in [3.05, 3.63) is 33.4 Å². The normalized spacial score (nSPS) is 15.2.